The smallest absolute Gasteiger partial charge is 0.159 e. The molecule has 5 aromatic carbocycles. The molecule has 2 aliphatic carbocycles. The van der Waals surface area contributed by atoms with Crippen LogP contribution in [0.15, 0.2) is 119 Å². The molecule has 10 rings (SSSR count). The Morgan fingerprint density at radius 3 is 2.53 bits per heavy atom. The molecule has 3 aromatic heterocycles. The number of nitrogens with zero attached hydrogens (tertiary/aromatic N) is 2. The van der Waals surface area contributed by atoms with E-state index in [2.05, 4.69) is 112 Å². The van der Waals surface area contributed by atoms with Gasteiger partial charge in [0.1, 0.15) is 5.76 Å². The van der Waals surface area contributed by atoms with Gasteiger partial charge in [-0.2, -0.15) is 5.26 Å². The van der Waals surface area contributed by atoms with Gasteiger partial charge in [0.25, 0.3) is 0 Å². The molecule has 0 atom stereocenters. The highest BCUT2D eigenvalue weighted by atomic mass is 16.3. The van der Waals surface area contributed by atoms with Gasteiger partial charge in [-0.1, -0.05) is 84.3 Å². The van der Waals surface area contributed by atoms with Gasteiger partial charge in [0.05, 0.1) is 28.4 Å². The van der Waals surface area contributed by atoms with Crippen molar-refractivity contribution in [1.29, 1.82) is 5.26 Å². The van der Waals surface area contributed by atoms with Gasteiger partial charge in [-0.3, -0.25) is 0 Å². The Morgan fingerprint density at radius 1 is 0.766 bits per heavy atom. The van der Waals surface area contributed by atoms with Crippen molar-refractivity contribution in [3.8, 4) is 34.0 Å². The molecule has 0 radical (unpaired) electrons. The third-order valence-electron chi connectivity index (χ3n) is 9.75. The van der Waals surface area contributed by atoms with Crippen molar-refractivity contribution >= 4 is 61.9 Å². The number of hydrogen-bond donors (Lipinski definition) is 1. The van der Waals surface area contributed by atoms with Gasteiger partial charge in [-0.05, 0) is 72.0 Å². The van der Waals surface area contributed by atoms with Crippen molar-refractivity contribution in [2.75, 3.05) is 0 Å². The van der Waals surface area contributed by atoms with Crippen LogP contribution in [0.3, 0.4) is 0 Å². The number of para-hydroxylation sites is 2. The molecule has 0 bridgehead atoms. The molecule has 2 aliphatic rings. The molecule has 0 saturated heterocycles. The first-order chi connectivity index (χ1) is 23.3. The summed E-state index contributed by atoms with van der Waals surface area (Å²) < 4.78 is 8.98. The van der Waals surface area contributed by atoms with Crippen molar-refractivity contribution in [2.24, 2.45) is 0 Å². The van der Waals surface area contributed by atoms with Crippen LogP contribution in [0.25, 0.3) is 89.8 Å². The first-order valence-corrected chi connectivity index (χ1v) is 15.9. The monoisotopic (exact) mass is 599 g/mol. The molecule has 1 N–H and O–H groups in total. The van der Waals surface area contributed by atoms with Gasteiger partial charge in [0.15, 0.2) is 5.58 Å². The maximum absolute atomic E-state index is 9.49. The van der Waals surface area contributed by atoms with E-state index in [1.54, 1.807) is 0 Å². The lowest BCUT2D eigenvalue weighted by Gasteiger charge is -2.16. The van der Waals surface area contributed by atoms with Gasteiger partial charge >= 0.3 is 0 Å². The van der Waals surface area contributed by atoms with Gasteiger partial charge < -0.3 is 14.0 Å². The van der Waals surface area contributed by atoms with Crippen LogP contribution in [0.2, 0.25) is 0 Å². The summed E-state index contributed by atoms with van der Waals surface area (Å²) in [6.45, 7) is 0. The number of aryl methyl sites for hydroxylation is 1. The van der Waals surface area contributed by atoms with E-state index in [4.69, 9.17) is 4.42 Å². The summed E-state index contributed by atoms with van der Waals surface area (Å²) in [5.41, 5.74) is 20.0. The number of rotatable bonds is 3. The number of aromatic amines is 1. The third-order valence-corrected chi connectivity index (χ3v) is 9.75. The maximum Gasteiger partial charge on any atom is 0.159 e. The lowest BCUT2D eigenvalue weighted by atomic mass is 9.92. The number of benzene rings is 5. The van der Waals surface area contributed by atoms with Gasteiger partial charge in [0.2, 0.25) is 0 Å². The van der Waals surface area contributed by atoms with E-state index in [-0.39, 0.29) is 0 Å². The minimum absolute atomic E-state index is 0.642. The van der Waals surface area contributed by atoms with E-state index >= 15 is 0 Å². The summed E-state index contributed by atoms with van der Waals surface area (Å²) in [6, 6.07) is 36.3. The number of aromatic nitrogens is 2. The van der Waals surface area contributed by atoms with Crippen molar-refractivity contribution in [2.45, 2.75) is 12.8 Å². The molecule has 0 fully saturated rings. The second-order valence-corrected chi connectivity index (χ2v) is 12.3. The zero-order valence-electron chi connectivity index (χ0n) is 25.3. The van der Waals surface area contributed by atoms with Crippen molar-refractivity contribution in [1.82, 2.24) is 9.55 Å². The van der Waals surface area contributed by atoms with Crippen LogP contribution in [0, 0.1) is 11.3 Å². The predicted molar refractivity (Wildman–Crippen MR) is 191 cm³/mol. The van der Waals surface area contributed by atoms with E-state index in [9.17, 15) is 5.26 Å². The Hall–Kier alpha value is -6.49. The van der Waals surface area contributed by atoms with E-state index in [1.807, 2.05) is 36.4 Å². The lowest BCUT2D eigenvalue weighted by Crippen LogP contribution is -1.99. The topological polar surface area (TPSA) is 57.6 Å². The normalized spacial score (nSPS) is 13.2. The predicted octanol–water partition coefficient (Wildman–Crippen LogP) is 11.0. The fraction of sp³-hybridized carbons (Fsp3) is 0.0465. The van der Waals surface area contributed by atoms with E-state index < -0.39 is 0 Å². The standard InChI is InChI=1S/C43H25N3O/c44-25-26-16-18-27(19-17-26)29-21-20-28(24-37(29)34-12-7-11-33-30-8-1-4-13-38(30)45-41(33)34)46-39-14-5-2-9-31(39)35-22-23-36-32-10-3-6-15-40(32)47-43(36)42(35)46/h1,4,6-9,11-24,45H,3,10H2. The molecule has 0 saturated carbocycles. The zero-order valence-corrected chi connectivity index (χ0v) is 25.3. The first kappa shape index (κ1) is 25.8. The van der Waals surface area contributed by atoms with Crippen LogP contribution in [-0.2, 0) is 6.42 Å². The Balaban J connectivity index is 1.30. The quantitative estimate of drug-likeness (QED) is 0.205. The molecule has 3 heterocycles. The minimum Gasteiger partial charge on any atom is -0.454 e. The number of fused-ring (bicyclic) bond motifs is 10. The number of nitrogens with one attached hydrogen (secondary N) is 1. The van der Waals surface area contributed by atoms with Crippen LogP contribution in [0.5, 0.6) is 0 Å². The Morgan fingerprint density at radius 2 is 1.62 bits per heavy atom. The first-order valence-electron chi connectivity index (χ1n) is 15.9. The molecule has 0 amide bonds. The molecule has 0 aliphatic heterocycles. The molecule has 218 valence electrons. The van der Waals surface area contributed by atoms with Crippen molar-refractivity contribution < 1.29 is 4.42 Å². The Labute approximate surface area is 270 Å². The van der Waals surface area contributed by atoms with Gasteiger partial charge in [-0.25, -0.2) is 0 Å². The average molecular weight is 600 g/mol. The largest absolute Gasteiger partial charge is 0.454 e. The Kier molecular flexibility index (Phi) is 5.35. The van der Waals surface area contributed by atoms with Crippen LogP contribution < -0.4 is 0 Å². The molecular formula is C43H25N3O. The number of H-pyrrole nitrogens is 1. The highest BCUT2D eigenvalue weighted by Gasteiger charge is 2.25. The van der Waals surface area contributed by atoms with Gasteiger partial charge in [-0.15, -0.1) is 0 Å². The van der Waals surface area contributed by atoms with E-state index in [1.165, 1.54) is 21.7 Å². The second-order valence-electron chi connectivity index (χ2n) is 12.3. The summed E-state index contributed by atoms with van der Waals surface area (Å²) in [5, 5.41) is 14.2. The molecule has 47 heavy (non-hydrogen) atoms. The average Bonchev–Trinajstić information content (AvgIpc) is 3.81. The Bertz CT molecular complexity index is 2810. The molecule has 4 heteroatoms. The molecule has 8 aromatic rings. The second kappa shape index (κ2) is 9.75. The number of hydrogen-bond acceptors (Lipinski definition) is 2. The molecule has 0 unspecified atom stereocenters. The zero-order chi connectivity index (χ0) is 31.1. The summed E-state index contributed by atoms with van der Waals surface area (Å²) in [6.07, 6.45) is 10.4. The summed E-state index contributed by atoms with van der Waals surface area (Å²) in [5.74, 6) is 0.955. The number of allylic oxidation sites excluding steroid dienone is 1. The fourth-order valence-corrected chi connectivity index (χ4v) is 7.60. The van der Waals surface area contributed by atoms with Crippen molar-refractivity contribution in [3.05, 3.63) is 143 Å². The highest BCUT2D eigenvalue weighted by molar-refractivity contribution is 6.13. The summed E-state index contributed by atoms with van der Waals surface area (Å²) >= 11 is 0. The highest BCUT2D eigenvalue weighted by Crippen LogP contribution is 2.44. The van der Waals surface area contributed by atoms with Crippen LogP contribution in [0.1, 0.15) is 34.6 Å². The lowest BCUT2D eigenvalue weighted by molar-refractivity contribution is 0.597. The fourth-order valence-electron chi connectivity index (χ4n) is 7.60. The van der Waals surface area contributed by atoms with E-state index in [0.29, 0.717) is 5.56 Å². The third kappa shape index (κ3) is 3.70. The maximum atomic E-state index is 9.49. The molecule has 4 nitrogen and oxygen atoms in total. The molecular weight excluding hydrogens is 574 g/mol. The SMILES string of the molecule is N#Cc1ccc(-c2ccc(-n3c4c(c5ccc6c7c(oc6c53)C=CCC7)C=C=C=C4)cc2-c2cccc3c2[nH]c2ccccc23)cc1. The summed E-state index contributed by atoms with van der Waals surface area (Å²) in [4.78, 5) is 3.73. The number of furan rings is 1. The van der Waals surface area contributed by atoms with Crippen molar-refractivity contribution in [3.63, 3.8) is 0 Å². The molecule has 0 spiro atoms. The van der Waals surface area contributed by atoms with Gasteiger partial charge in [0, 0.05) is 55.5 Å². The van der Waals surface area contributed by atoms with E-state index in [0.717, 1.165) is 85.3 Å². The minimum atomic E-state index is 0.642. The van der Waals surface area contributed by atoms with Crippen LogP contribution >= 0.6 is 0 Å². The van der Waals surface area contributed by atoms with Crippen LogP contribution in [-0.4, -0.2) is 9.55 Å². The summed E-state index contributed by atoms with van der Waals surface area (Å²) in [7, 11) is 0. The van der Waals surface area contributed by atoms with Crippen LogP contribution in [0.4, 0.5) is 0 Å². The number of nitriles is 1.